The first-order valence-corrected chi connectivity index (χ1v) is 12.0. The number of Topliss-reactive ketones (excluding diaryl/α,β-unsaturated/α-hetero) is 1. The van der Waals surface area contributed by atoms with Crippen LogP contribution in [-0.4, -0.2) is 33.8 Å². The minimum atomic E-state index is -0.766. The number of fused-ring (bicyclic) bond motifs is 2. The molecule has 0 aliphatic carbocycles. The second-order valence-electron chi connectivity index (χ2n) is 9.09. The molecule has 5 aromatic rings. The molecular weight excluding hydrogens is 464 g/mol. The summed E-state index contributed by atoms with van der Waals surface area (Å²) in [6.07, 6.45) is 1.82. The SMILES string of the molecule is COc1ccc(CN2C(=O)C(=O)/C(=C(/O)c3cccc4ccccc34)C2c2c[nH]c3ccccc23)cc1. The average Bonchev–Trinajstić information content (AvgIpc) is 3.47. The van der Waals surface area contributed by atoms with Crippen molar-refractivity contribution in [1.29, 1.82) is 0 Å². The molecule has 1 aliphatic rings. The number of likely N-dealkylation sites (tertiary alicyclic amines) is 1. The van der Waals surface area contributed by atoms with Crippen molar-refractivity contribution in [2.45, 2.75) is 12.6 Å². The molecule has 2 heterocycles. The van der Waals surface area contributed by atoms with Crippen molar-refractivity contribution < 1.29 is 19.4 Å². The zero-order chi connectivity index (χ0) is 25.5. The first kappa shape index (κ1) is 22.6. The van der Waals surface area contributed by atoms with Gasteiger partial charge in [0.05, 0.1) is 18.7 Å². The topological polar surface area (TPSA) is 82.6 Å². The number of para-hydroxylation sites is 1. The smallest absolute Gasteiger partial charge is 0.295 e. The van der Waals surface area contributed by atoms with Gasteiger partial charge in [-0.15, -0.1) is 0 Å². The number of nitrogens with one attached hydrogen (secondary N) is 1. The van der Waals surface area contributed by atoms with Crippen molar-refractivity contribution in [3.63, 3.8) is 0 Å². The van der Waals surface area contributed by atoms with Crippen LogP contribution in [0.25, 0.3) is 27.4 Å². The number of hydrogen-bond acceptors (Lipinski definition) is 4. The Kier molecular flexibility index (Phi) is 5.49. The third-order valence-electron chi connectivity index (χ3n) is 7.01. The molecule has 1 atom stereocenters. The Morgan fingerprint density at radius 3 is 2.38 bits per heavy atom. The van der Waals surface area contributed by atoms with Crippen molar-refractivity contribution in [3.8, 4) is 5.75 Å². The standard InChI is InChI=1S/C31H24N2O4/c1-37-21-15-13-19(14-16-21)18-33-28(25-17-32-26-12-5-4-10-23(25)26)27(30(35)31(33)36)29(34)24-11-6-8-20-7-2-3-9-22(20)24/h2-17,28,32,34H,18H2,1H3/b29-27+. The maximum Gasteiger partial charge on any atom is 0.295 e. The summed E-state index contributed by atoms with van der Waals surface area (Å²) in [6, 6.07) is 27.6. The van der Waals surface area contributed by atoms with Gasteiger partial charge in [0, 0.05) is 34.8 Å². The molecule has 1 saturated heterocycles. The van der Waals surface area contributed by atoms with Gasteiger partial charge in [-0.25, -0.2) is 0 Å². The van der Waals surface area contributed by atoms with Gasteiger partial charge in [-0.1, -0.05) is 72.8 Å². The van der Waals surface area contributed by atoms with Crippen LogP contribution in [0.5, 0.6) is 5.75 Å². The van der Waals surface area contributed by atoms with E-state index in [4.69, 9.17) is 4.74 Å². The number of carbonyl (C=O) groups is 2. The van der Waals surface area contributed by atoms with Crippen molar-refractivity contribution in [2.24, 2.45) is 0 Å². The molecular formula is C31H24N2O4. The number of ketones is 1. The molecule has 4 aromatic carbocycles. The second kappa shape index (κ2) is 8.99. The highest BCUT2D eigenvalue weighted by molar-refractivity contribution is 6.46. The molecule has 0 spiro atoms. The summed E-state index contributed by atoms with van der Waals surface area (Å²) in [5.41, 5.74) is 3.09. The summed E-state index contributed by atoms with van der Waals surface area (Å²) >= 11 is 0. The average molecular weight is 489 g/mol. The number of H-pyrrole nitrogens is 1. The fraction of sp³-hybridized carbons (Fsp3) is 0.0968. The zero-order valence-corrected chi connectivity index (χ0v) is 20.1. The molecule has 6 heteroatoms. The van der Waals surface area contributed by atoms with Crippen LogP contribution in [0.15, 0.2) is 103 Å². The number of aromatic amines is 1. The third-order valence-corrected chi connectivity index (χ3v) is 7.01. The number of hydrogen-bond donors (Lipinski definition) is 2. The van der Waals surface area contributed by atoms with E-state index >= 15 is 0 Å². The zero-order valence-electron chi connectivity index (χ0n) is 20.1. The first-order valence-electron chi connectivity index (χ1n) is 12.0. The van der Waals surface area contributed by atoms with Crippen LogP contribution in [0.4, 0.5) is 0 Å². The van der Waals surface area contributed by atoms with Gasteiger partial charge in [0.2, 0.25) is 0 Å². The number of amides is 1. The molecule has 6 nitrogen and oxygen atoms in total. The summed E-state index contributed by atoms with van der Waals surface area (Å²) < 4.78 is 5.26. The van der Waals surface area contributed by atoms with E-state index in [9.17, 15) is 14.7 Å². The lowest BCUT2D eigenvalue weighted by atomic mass is 9.93. The Hall–Kier alpha value is -4.84. The third kappa shape index (κ3) is 3.74. The molecule has 1 fully saturated rings. The van der Waals surface area contributed by atoms with Crippen LogP contribution in [0.2, 0.25) is 0 Å². The van der Waals surface area contributed by atoms with E-state index in [-0.39, 0.29) is 17.9 Å². The molecule has 1 aliphatic heterocycles. The number of aromatic nitrogens is 1. The minimum Gasteiger partial charge on any atom is -0.507 e. The molecule has 182 valence electrons. The van der Waals surface area contributed by atoms with Gasteiger partial charge >= 0.3 is 0 Å². The van der Waals surface area contributed by atoms with Gasteiger partial charge in [-0.3, -0.25) is 9.59 Å². The Labute approximate surface area is 213 Å². The van der Waals surface area contributed by atoms with E-state index in [1.54, 1.807) is 13.2 Å². The molecule has 1 unspecified atom stereocenters. The van der Waals surface area contributed by atoms with Gasteiger partial charge < -0.3 is 19.7 Å². The fourth-order valence-electron chi connectivity index (χ4n) is 5.19. The number of aliphatic hydroxyl groups is 1. The summed E-state index contributed by atoms with van der Waals surface area (Å²) in [5, 5.41) is 14.3. The van der Waals surface area contributed by atoms with Crippen LogP contribution in [0, 0.1) is 0 Å². The Balaban J connectivity index is 1.56. The number of rotatable bonds is 5. The van der Waals surface area contributed by atoms with Crippen LogP contribution >= 0.6 is 0 Å². The molecule has 1 aromatic heterocycles. The highest BCUT2D eigenvalue weighted by Crippen LogP contribution is 2.43. The predicted octanol–water partition coefficient (Wildman–Crippen LogP) is 5.95. The van der Waals surface area contributed by atoms with Gasteiger partial charge in [-0.2, -0.15) is 0 Å². The van der Waals surface area contributed by atoms with Crippen LogP contribution in [0.3, 0.4) is 0 Å². The molecule has 37 heavy (non-hydrogen) atoms. The summed E-state index contributed by atoms with van der Waals surface area (Å²) in [5.74, 6) is -0.820. The van der Waals surface area contributed by atoms with Crippen LogP contribution in [0.1, 0.15) is 22.7 Å². The van der Waals surface area contributed by atoms with Gasteiger partial charge in [0.25, 0.3) is 11.7 Å². The number of methoxy groups -OCH3 is 1. The van der Waals surface area contributed by atoms with E-state index in [1.807, 2.05) is 91.1 Å². The molecule has 0 bridgehead atoms. The van der Waals surface area contributed by atoms with E-state index < -0.39 is 17.7 Å². The van der Waals surface area contributed by atoms with Gasteiger partial charge in [-0.05, 0) is 34.5 Å². The summed E-state index contributed by atoms with van der Waals surface area (Å²) in [4.78, 5) is 31.8. The molecule has 0 radical (unpaired) electrons. The van der Waals surface area contributed by atoms with Crippen molar-refractivity contribution in [3.05, 3.63) is 119 Å². The molecule has 2 N–H and O–H groups in total. The quantitative estimate of drug-likeness (QED) is 0.182. The summed E-state index contributed by atoms with van der Waals surface area (Å²) in [6.45, 7) is 0.199. The molecule has 0 saturated carbocycles. The van der Waals surface area contributed by atoms with Crippen molar-refractivity contribution in [1.82, 2.24) is 9.88 Å². The highest BCUT2D eigenvalue weighted by Gasteiger charge is 2.47. The van der Waals surface area contributed by atoms with Gasteiger partial charge in [0.1, 0.15) is 11.5 Å². The number of ether oxygens (including phenoxy) is 1. The molecule has 6 rings (SSSR count). The maximum absolute atomic E-state index is 13.6. The highest BCUT2D eigenvalue weighted by atomic mass is 16.5. The predicted molar refractivity (Wildman–Crippen MR) is 143 cm³/mol. The van der Waals surface area contributed by atoms with E-state index in [1.165, 1.54) is 4.90 Å². The fourth-order valence-corrected chi connectivity index (χ4v) is 5.19. The van der Waals surface area contributed by atoms with E-state index in [0.717, 1.165) is 32.8 Å². The Morgan fingerprint density at radius 1 is 0.892 bits per heavy atom. The molecule has 1 amide bonds. The minimum absolute atomic E-state index is 0.0830. The Morgan fingerprint density at radius 2 is 1.59 bits per heavy atom. The number of nitrogens with zero attached hydrogens (tertiary/aromatic N) is 1. The normalized spacial score (nSPS) is 17.1. The summed E-state index contributed by atoms with van der Waals surface area (Å²) in [7, 11) is 1.60. The largest absolute Gasteiger partial charge is 0.507 e. The lowest BCUT2D eigenvalue weighted by Gasteiger charge is -2.25. The lowest BCUT2D eigenvalue weighted by Crippen LogP contribution is -2.29. The number of carbonyl (C=O) groups excluding carboxylic acids is 2. The van der Waals surface area contributed by atoms with Crippen LogP contribution < -0.4 is 4.74 Å². The van der Waals surface area contributed by atoms with Crippen molar-refractivity contribution >= 4 is 39.1 Å². The Bertz CT molecular complexity index is 1690. The van der Waals surface area contributed by atoms with E-state index in [0.29, 0.717) is 11.3 Å². The number of benzene rings is 4. The van der Waals surface area contributed by atoms with Crippen LogP contribution in [-0.2, 0) is 16.1 Å². The first-order chi connectivity index (χ1) is 18.1. The van der Waals surface area contributed by atoms with Crippen molar-refractivity contribution in [2.75, 3.05) is 7.11 Å². The van der Waals surface area contributed by atoms with E-state index in [2.05, 4.69) is 4.98 Å². The number of aliphatic hydroxyl groups excluding tert-OH is 1. The van der Waals surface area contributed by atoms with Gasteiger partial charge in [0.15, 0.2) is 0 Å². The monoisotopic (exact) mass is 488 g/mol. The maximum atomic E-state index is 13.6. The lowest BCUT2D eigenvalue weighted by molar-refractivity contribution is -0.140. The second-order valence-corrected chi connectivity index (χ2v) is 9.09.